The minimum absolute atomic E-state index is 0. The first-order valence-electron chi connectivity index (χ1n) is 4.47. The van der Waals surface area contributed by atoms with Crippen molar-refractivity contribution in [1.82, 2.24) is 5.32 Å². The van der Waals surface area contributed by atoms with Gasteiger partial charge in [-0.25, -0.2) is 0 Å². The maximum atomic E-state index is 10.7. The Morgan fingerprint density at radius 2 is 2.08 bits per heavy atom. The molecule has 0 heterocycles. The maximum Gasteiger partial charge on any atom is 1.00 e. The fraction of sp³-hybridized carbons (Fsp3) is 0.750. The third-order valence-corrected chi connectivity index (χ3v) is 1.33. The molecule has 0 fully saturated rings. The monoisotopic (exact) mass is 196 g/mol. The first-order valence-corrected chi connectivity index (χ1v) is 3.76. The molecule has 1 amide bonds. The minimum Gasteiger partial charge on any atom is -0.548 e. The Balaban J connectivity index is 0. The number of carboxylic acid groups (broad SMARTS) is 1. The summed E-state index contributed by atoms with van der Waals surface area (Å²) in [6.07, 6.45) is 0.327. The molecule has 0 spiro atoms. The van der Waals surface area contributed by atoms with Gasteiger partial charge in [0.1, 0.15) is 0 Å². The third kappa shape index (κ3) is 8.28. The number of carbonyl (C=O) groups is 2. The van der Waals surface area contributed by atoms with Gasteiger partial charge in [-0.05, 0) is 12.3 Å². The van der Waals surface area contributed by atoms with Crippen molar-refractivity contribution >= 4 is 11.9 Å². The summed E-state index contributed by atoms with van der Waals surface area (Å²) in [6, 6.07) is -0.974. The van der Waals surface area contributed by atoms with Gasteiger partial charge in [-0.1, -0.05) is 13.8 Å². The van der Waals surface area contributed by atoms with Gasteiger partial charge < -0.3 is 15.2 Å². The minimum atomic E-state index is -1.30. The van der Waals surface area contributed by atoms with Crippen LogP contribution in [-0.2, 0) is 9.59 Å². The summed E-state index contributed by atoms with van der Waals surface area (Å²) < 4.78 is 6.70. The van der Waals surface area contributed by atoms with Crippen molar-refractivity contribution in [1.29, 1.82) is 0 Å². The number of carboxylic acids is 1. The zero-order valence-corrected chi connectivity index (χ0v) is 10.3. The molecule has 1 atom stereocenters. The van der Waals surface area contributed by atoms with Crippen molar-refractivity contribution in [2.45, 2.75) is 33.2 Å². The Kier molecular flexibility index (Phi) is 7.32. The van der Waals surface area contributed by atoms with Gasteiger partial charge in [-0.2, -0.15) is 0 Å². The summed E-state index contributed by atoms with van der Waals surface area (Å²) in [4.78, 5) is 21.2. The van der Waals surface area contributed by atoms with Crippen molar-refractivity contribution < 1.29 is 45.6 Å². The number of carbonyl (C=O) groups excluding carboxylic acids is 2. The van der Waals surface area contributed by atoms with Crippen LogP contribution in [-0.4, -0.2) is 17.9 Å². The van der Waals surface area contributed by atoms with Crippen molar-refractivity contribution in [2.24, 2.45) is 5.92 Å². The van der Waals surface area contributed by atoms with Crippen LogP contribution in [0.1, 0.15) is 28.5 Å². The standard InChI is InChI=1S/C8H15NO3.Na/c1-5(2)4-7(8(11)12)9-6(3)10;/h5,7H,4H2,1-3H3,(H,9,10)(H,11,12);/q;+1/p-1/t7-;/m0./s1/i3D;. The molecule has 70 valence electrons. The first kappa shape index (κ1) is 12.9. The molecule has 13 heavy (non-hydrogen) atoms. The average molecular weight is 196 g/mol. The smallest absolute Gasteiger partial charge is 0.548 e. The predicted octanol–water partition coefficient (Wildman–Crippen LogP) is -3.71. The van der Waals surface area contributed by atoms with Gasteiger partial charge in [0.05, 0.1) is 12.0 Å². The SMILES string of the molecule is [2H]CC(=O)N[C@@H](CC(C)C)C(=O)[O-].[Na+]. The van der Waals surface area contributed by atoms with E-state index in [-0.39, 0.29) is 35.5 Å². The van der Waals surface area contributed by atoms with Crippen molar-refractivity contribution in [3.8, 4) is 0 Å². The molecular formula is C8H14NNaO3. The Morgan fingerprint density at radius 3 is 2.38 bits per heavy atom. The second-order valence-corrected chi connectivity index (χ2v) is 3.07. The Hall–Kier alpha value is -0.0600. The van der Waals surface area contributed by atoms with Crippen LogP contribution in [0.15, 0.2) is 0 Å². The van der Waals surface area contributed by atoms with Crippen LogP contribution in [0.2, 0.25) is 0 Å². The van der Waals surface area contributed by atoms with Crippen LogP contribution in [0.5, 0.6) is 0 Å². The zero-order chi connectivity index (χ0) is 10.4. The quantitative estimate of drug-likeness (QED) is 0.470. The van der Waals surface area contributed by atoms with Crippen LogP contribution < -0.4 is 40.0 Å². The molecule has 5 heteroatoms. The number of hydrogen-bond donors (Lipinski definition) is 1. The summed E-state index contributed by atoms with van der Waals surface area (Å²) in [6.45, 7) is 3.24. The molecule has 0 aliphatic carbocycles. The van der Waals surface area contributed by atoms with E-state index in [1.807, 2.05) is 13.8 Å². The molecule has 0 aliphatic heterocycles. The van der Waals surface area contributed by atoms with Gasteiger partial charge in [-0.3, -0.25) is 4.79 Å². The second-order valence-electron chi connectivity index (χ2n) is 3.07. The molecule has 0 saturated carbocycles. The molecule has 0 aliphatic rings. The third-order valence-electron chi connectivity index (χ3n) is 1.33. The molecule has 4 nitrogen and oxygen atoms in total. The number of aliphatic carboxylic acids is 1. The molecule has 0 aromatic carbocycles. The van der Waals surface area contributed by atoms with Gasteiger partial charge >= 0.3 is 29.6 Å². The molecule has 0 rings (SSSR count). The van der Waals surface area contributed by atoms with E-state index >= 15 is 0 Å². The molecular weight excluding hydrogens is 181 g/mol. The van der Waals surface area contributed by atoms with Gasteiger partial charge in [0.15, 0.2) is 0 Å². The largest absolute Gasteiger partial charge is 1.00 e. The molecule has 0 aromatic rings. The Morgan fingerprint density at radius 1 is 1.54 bits per heavy atom. The number of hydrogen-bond acceptors (Lipinski definition) is 3. The van der Waals surface area contributed by atoms with Crippen LogP contribution in [0.25, 0.3) is 0 Å². The number of amides is 1. The molecule has 0 unspecified atom stereocenters. The van der Waals surface area contributed by atoms with E-state index in [9.17, 15) is 14.7 Å². The van der Waals surface area contributed by atoms with E-state index in [0.29, 0.717) is 6.42 Å². The Bertz CT molecular complexity index is 199. The van der Waals surface area contributed by atoms with E-state index in [4.69, 9.17) is 1.37 Å². The molecule has 0 radical (unpaired) electrons. The molecule has 1 N–H and O–H groups in total. The maximum absolute atomic E-state index is 10.7. The second kappa shape index (κ2) is 7.35. The van der Waals surface area contributed by atoms with Gasteiger partial charge in [0, 0.05) is 8.27 Å². The molecule has 0 saturated heterocycles. The van der Waals surface area contributed by atoms with Gasteiger partial charge in [-0.15, -0.1) is 0 Å². The van der Waals surface area contributed by atoms with E-state index in [0.717, 1.165) is 0 Å². The topological polar surface area (TPSA) is 69.2 Å². The van der Waals surface area contributed by atoms with E-state index in [2.05, 4.69) is 5.32 Å². The summed E-state index contributed by atoms with van der Waals surface area (Å²) in [7, 11) is 0. The fourth-order valence-electron chi connectivity index (χ4n) is 0.880. The van der Waals surface area contributed by atoms with Crippen LogP contribution in [0.3, 0.4) is 0 Å². The predicted molar refractivity (Wildman–Crippen MR) is 42.1 cm³/mol. The van der Waals surface area contributed by atoms with Crippen LogP contribution in [0.4, 0.5) is 0 Å². The summed E-state index contributed by atoms with van der Waals surface area (Å²) in [5, 5.41) is 12.7. The average Bonchev–Trinajstić information content (AvgIpc) is 2.02. The Labute approximate surface area is 102 Å². The summed E-state index contributed by atoms with van der Waals surface area (Å²) in [5.74, 6) is -1.72. The van der Waals surface area contributed by atoms with Crippen molar-refractivity contribution in [3.05, 3.63) is 0 Å². The number of rotatable bonds is 4. The van der Waals surface area contributed by atoms with Crippen LogP contribution in [0, 0.1) is 5.92 Å². The first-order chi connectivity index (χ1) is 5.97. The fourth-order valence-corrected chi connectivity index (χ4v) is 0.880. The van der Waals surface area contributed by atoms with Gasteiger partial charge in [0.25, 0.3) is 0 Å². The summed E-state index contributed by atoms with van der Waals surface area (Å²) in [5.41, 5.74) is 0. The summed E-state index contributed by atoms with van der Waals surface area (Å²) >= 11 is 0. The molecule has 0 aromatic heterocycles. The van der Waals surface area contributed by atoms with Gasteiger partial charge in [0.2, 0.25) is 5.91 Å². The van der Waals surface area contributed by atoms with Crippen molar-refractivity contribution in [2.75, 3.05) is 0 Å². The van der Waals surface area contributed by atoms with E-state index < -0.39 is 24.8 Å². The van der Waals surface area contributed by atoms with E-state index in [1.165, 1.54) is 0 Å². The number of nitrogens with one attached hydrogen (secondary N) is 1. The zero-order valence-electron chi connectivity index (χ0n) is 9.29. The van der Waals surface area contributed by atoms with E-state index in [1.54, 1.807) is 0 Å². The van der Waals surface area contributed by atoms with Crippen molar-refractivity contribution in [3.63, 3.8) is 0 Å². The van der Waals surface area contributed by atoms with Crippen LogP contribution >= 0.6 is 0 Å². The normalized spacial score (nSPS) is 12.7. The molecule has 0 bridgehead atoms.